The molecule has 0 aliphatic heterocycles. The molecule has 2 aromatic carbocycles. The van der Waals surface area contributed by atoms with Crippen LogP contribution in [0.25, 0.3) is 11.0 Å². The summed E-state index contributed by atoms with van der Waals surface area (Å²) < 4.78 is 5.82. The Morgan fingerprint density at radius 2 is 1.76 bits per heavy atom. The van der Waals surface area contributed by atoms with E-state index in [1.807, 2.05) is 24.3 Å². The standard InChI is InChI=1S/C15H11Cl3N2O/c16-10-2-4-13-9(5-10)7-14(21-13)15(20-19)8-1-3-11(17)12(18)6-8/h1-7,15,20H,19H2. The van der Waals surface area contributed by atoms with Crippen molar-refractivity contribution in [3.63, 3.8) is 0 Å². The van der Waals surface area contributed by atoms with Gasteiger partial charge in [-0.3, -0.25) is 5.84 Å². The van der Waals surface area contributed by atoms with Crippen molar-refractivity contribution in [1.82, 2.24) is 5.43 Å². The van der Waals surface area contributed by atoms with Gasteiger partial charge in [-0.1, -0.05) is 40.9 Å². The molecule has 108 valence electrons. The number of benzene rings is 2. The summed E-state index contributed by atoms with van der Waals surface area (Å²) in [6, 6.07) is 12.3. The maximum Gasteiger partial charge on any atom is 0.134 e. The van der Waals surface area contributed by atoms with Gasteiger partial charge in [-0.15, -0.1) is 0 Å². The van der Waals surface area contributed by atoms with Crippen LogP contribution in [0.2, 0.25) is 15.1 Å². The molecule has 1 heterocycles. The second kappa shape index (κ2) is 5.87. The number of hydrazine groups is 1. The van der Waals surface area contributed by atoms with Crippen LogP contribution >= 0.6 is 34.8 Å². The number of rotatable bonds is 3. The number of nitrogens with one attached hydrogen (secondary N) is 1. The lowest BCUT2D eigenvalue weighted by atomic mass is 10.1. The minimum absolute atomic E-state index is 0.328. The summed E-state index contributed by atoms with van der Waals surface area (Å²) >= 11 is 18.0. The molecule has 0 aliphatic rings. The Morgan fingerprint density at radius 1 is 0.952 bits per heavy atom. The van der Waals surface area contributed by atoms with E-state index in [1.54, 1.807) is 18.2 Å². The first-order valence-electron chi connectivity index (χ1n) is 6.18. The number of nitrogens with two attached hydrogens (primary N) is 1. The summed E-state index contributed by atoms with van der Waals surface area (Å²) in [7, 11) is 0. The van der Waals surface area contributed by atoms with Crippen molar-refractivity contribution in [2.24, 2.45) is 5.84 Å². The highest BCUT2D eigenvalue weighted by molar-refractivity contribution is 6.42. The molecule has 0 spiro atoms. The Kier molecular flexibility index (Phi) is 4.11. The van der Waals surface area contributed by atoms with E-state index >= 15 is 0 Å². The van der Waals surface area contributed by atoms with Gasteiger partial charge in [0.15, 0.2) is 0 Å². The molecule has 6 heteroatoms. The van der Waals surface area contributed by atoms with Gasteiger partial charge in [0.1, 0.15) is 17.4 Å². The van der Waals surface area contributed by atoms with E-state index in [0.717, 1.165) is 16.5 Å². The van der Waals surface area contributed by atoms with Crippen LogP contribution < -0.4 is 11.3 Å². The van der Waals surface area contributed by atoms with Gasteiger partial charge in [-0.05, 0) is 42.0 Å². The van der Waals surface area contributed by atoms with Crippen LogP contribution in [0.4, 0.5) is 0 Å². The molecular formula is C15H11Cl3N2O. The zero-order valence-corrected chi connectivity index (χ0v) is 13.0. The van der Waals surface area contributed by atoms with Crippen molar-refractivity contribution in [3.05, 3.63) is 68.9 Å². The molecule has 0 saturated carbocycles. The van der Waals surface area contributed by atoms with Crippen molar-refractivity contribution in [2.45, 2.75) is 6.04 Å². The van der Waals surface area contributed by atoms with E-state index in [0.29, 0.717) is 20.8 Å². The van der Waals surface area contributed by atoms with Crippen LogP contribution in [0.5, 0.6) is 0 Å². The molecule has 0 radical (unpaired) electrons. The lowest BCUT2D eigenvalue weighted by molar-refractivity contribution is 0.477. The molecule has 3 N–H and O–H groups in total. The summed E-state index contributed by atoms with van der Waals surface area (Å²) in [4.78, 5) is 0. The summed E-state index contributed by atoms with van der Waals surface area (Å²) in [6.45, 7) is 0. The summed E-state index contributed by atoms with van der Waals surface area (Å²) in [6.07, 6.45) is 0. The number of hydrogen-bond donors (Lipinski definition) is 2. The lowest BCUT2D eigenvalue weighted by Crippen LogP contribution is -2.28. The fraction of sp³-hybridized carbons (Fsp3) is 0.0667. The fourth-order valence-electron chi connectivity index (χ4n) is 2.21. The number of fused-ring (bicyclic) bond motifs is 1. The molecule has 0 saturated heterocycles. The number of halogens is 3. The maximum absolute atomic E-state index is 6.05. The van der Waals surface area contributed by atoms with Crippen LogP contribution in [0.3, 0.4) is 0 Å². The van der Waals surface area contributed by atoms with Gasteiger partial charge in [0.05, 0.1) is 10.0 Å². The number of furan rings is 1. The van der Waals surface area contributed by atoms with Crippen molar-refractivity contribution in [2.75, 3.05) is 0 Å². The Bertz CT molecular complexity index is 801. The second-order valence-corrected chi connectivity index (χ2v) is 5.85. The predicted molar refractivity (Wildman–Crippen MR) is 86.9 cm³/mol. The summed E-state index contributed by atoms with van der Waals surface area (Å²) in [5.74, 6) is 6.34. The van der Waals surface area contributed by atoms with E-state index < -0.39 is 0 Å². The van der Waals surface area contributed by atoms with Gasteiger partial charge in [0.25, 0.3) is 0 Å². The van der Waals surface area contributed by atoms with Crippen LogP contribution in [-0.4, -0.2) is 0 Å². The van der Waals surface area contributed by atoms with E-state index in [2.05, 4.69) is 5.43 Å². The lowest BCUT2D eigenvalue weighted by Gasteiger charge is -2.14. The molecule has 0 amide bonds. The third kappa shape index (κ3) is 2.89. The molecule has 0 bridgehead atoms. The Labute approximate surface area is 136 Å². The smallest absolute Gasteiger partial charge is 0.134 e. The van der Waals surface area contributed by atoms with Crippen molar-refractivity contribution in [1.29, 1.82) is 0 Å². The highest BCUT2D eigenvalue weighted by atomic mass is 35.5. The van der Waals surface area contributed by atoms with Crippen molar-refractivity contribution >= 4 is 45.8 Å². The van der Waals surface area contributed by atoms with Gasteiger partial charge in [-0.2, -0.15) is 0 Å². The minimum atomic E-state index is -0.328. The van der Waals surface area contributed by atoms with Gasteiger partial charge in [-0.25, -0.2) is 5.43 Å². The summed E-state index contributed by atoms with van der Waals surface area (Å²) in [5, 5.41) is 2.53. The molecule has 1 unspecified atom stereocenters. The van der Waals surface area contributed by atoms with E-state index in [-0.39, 0.29) is 6.04 Å². The quantitative estimate of drug-likeness (QED) is 0.524. The first-order chi connectivity index (χ1) is 10.1. The van der Waals surface area contributed by atoms with Crippen LogP contribution in [0, 0.1) is 0 Å². The summed E-state index contributed by atoms with van der Waals surface area (Å²) in [5.41, 5.74) is 4.33. The molecule has 0 fully saturated rings. The first-order valence-corrected chi connectivity index (χ1v) is 7.32. The van der Waals surface area contributed by atoms with Gasteiger partial charge < -0.3 is 4.42 Å². The largest absolute Gasteiger partial charge is 0.459 e. The molecule has 21 heavy (non-hydrogen) atoms. The van der Waals surface area contributed by atoms with E-state index in [4.69, 9.17) is 45.1 Å². The van der Waals surface area contributed by atoms with Crippen molar-refractivity contribution < 1.29 is 4.42 Å². The zero-order chi connectivity index (χ0) is 15.0. The average molecular weight is 342 g/mol. The zero-order valence-electron chi connectivity index (χ0n) is 10.7. The minimum Gasteiger partial charge on any atom is -0.459 e. The average Bonchev–Trinajstić information content (AvgIpc) is 2.86. The van der Waals surface area contributed by atoms with Crippen LogP contribution in [0.1, 0.15) is 17.4 Å². The van der Waals surface area contributed by atoms with Gasteiger partial charge >= 0.3 is 0 Å². The molecule has 1 atom stereocenters. The van der Waals surface area contributed by atoms with E-state index in [9.17, 15) is 0 Å². The van der Waals surface area contributed by atoms with Crippen molar-refractivity contribution in [3.8, 4) is 0 Å². The van der Waals surface area contributed by atoms with Crippen LogP contribution in [0.15, 0.2) is 46.9 Å². The molecule has 0 aliphatic carbocycles. The molecule has 3 nitrogen and oxygen atoms in total. The third-order valence-corrected chi connectivity index (χ3v) is 4.20. The maximum atomic E-state index is 6.05. The third-order valence-electron chi connectivity index (χ3n) is 3.23. The molecular weight excluding hydrogens is 331 g/mol. The van der Waals surface area contributed by atoms with E-state index in [1.165, 1.54) is 0 Å². The highest BCUT2D eigenvalue weighted by Crippen LogP contribution is 2.32. The highest BCUT2D eigenvalue weighted by Gasteiger charge is 2.18. The van der Waals surface area contributed by atoms with Crippen LogP contribution in [-0.2, 0) is 0 Å². The molecule has 1 aromatic heterocycles. The van der Waals surface area contributed by atoms with Gasteiger partial charge in [0.2, 0.25) is 0 Å². The van der Waals surface area contributed by atoms with Gasteiger partial charge in [0, 0.05) is 10.4 Å². The SMILES string of the molecule is NNC(c1ccc(Cl)c(Cl)c1)c1cc2cc(Cl)ccc2o1. The number of hydrogen-bond acceptors (Lipinski definition) is 3. The Hall–Kier alpha value is -1.23. The first kappa shape index (κ1) is 14.7. The fourth-order valence-corrected chi connectivity index (χ4v) is 2.70. The monoisotopic (exact) mass is 340 g/mol. The molecule has 3 aromatic rings. The molecule has 3 rings (SSSR count). The Morgan fingerprint density at radius 3 is 2.48 bits per heavy atom. The normalized spacial score (nSPS) is 12.8. The topological polar surface area (TPSA) is 51.2 Å². The second-order valence-electron chi connectivity index (χ2n) is 4.60. The Balaban J connectivity index is 2.06. The predicted octanol–water partition coefficient (Wildman–Crippen LogP) is 4.95.